The number of Topliss-reactive ketones (excluding diaryl/α,β-unsaturated/α-hetero) is 2. The SMILES string of the molecule is Cc1ccc(C2CC(=O)C(=CNCCN3CCN(C(=O)N4CCOCC4)CC3)C(=O)C2)cc1. The molecule has 2 amide bonds. The maximum absolute atomic E-state index is 12.6. The van der Waals surface area contributed by atoms with Crippen molar-refractivity contribution in [2.75, 3.05) is 65.6 Å². The maximum atomic E-state index is 12.6. The van der Waals surface area contributed by atoms with Crippen molar-refractivity contribution in [2.45, 2.75) is 25.7 Å². The topological polar surface area (TPSA) is 82.2 Å². The molecule has 2 saturated heterocycles. The molecule has 8 nitrogen and oxygen atoms in total. The molecule has 0 aromatic heterocycles. The zero-order chi connectivity index (χ0) is 23.2. The van der Waals surface area contributed by atoms with Crippen molar-refractivity contribution in [1.29, 1.82) is 0 Å². The Hall–Kier alpha value is -2.71. The summed E-state index contributed by atoms with van der Waals surface area (Å²) in [6, 6.07) is 8.19. The van der Waals surface area contributed by atoms with Crippen LogP contribution in [0.2, 0.25) is 0 Å². The molecular weight excluding hydrogens is 420 g/mol. The number of hydrogen-bond acceptors (Lipinski definition) is 6. The average molecular weight is 455 g/mol. The summed E-state index contributed by atoms with van der Waals surface area (Å²) in [6.07, 6.45) is 2.36. The fourth-order valence-electron chi connectivity index (χ4n) is 4.64. The smallest absolute Gasteiger partial charge is 0.320 e. The summed E-state index contributed by atoms with van der Waals surface area (Å²) in [5.41, 5.74) is 2.52. The second-order valence-electron chi connectivity index (χ2n) is 9.09. The first-order chi connectivity index (χ1) is 16.0. The predicted molar refractivity (Wildman–Crippen MR) is 125 cm³/mol. The highest BCUT2D eigenvalue weighted by Gasteiger charge is 2.31. The number of ketones is 2. The molecule has 1 aliphatic carbocycles. The molecule has 0 atom stereocenters. The number of allylic oxidation sites excluding steroid dienone is 1. The van der Waals surface area contributed by atoms with Crippen molar-refractivity contribution < 1.29 is 19.1 Å². The van der Waals surface area contributed by atoms with E-state index in [1.165, 1.54) is 5.56 Å². The van der Waals surface area contributed by atoms with Crippen molar-refractivity contribution in [2.24, 2.45) is 0 Å². The molecule has 1 saturated carbocycles. The zero-order valence-corrected chi connectivity index (χ0v) is 19.4. The molecule has 3 aliphatic rings. The van der Waals surface area contributed by atoms with Gasteiger partial charge in [-0.15, -0.1) is 0 Å². The van der Waals surface area contributed by atoms with Gasteiger partial charge in [-0.05, 0) is 18.4 Å². The number of carbonyl (C=O) groups is 3. The third kappa shape index (κ3) is 6.00. The first kappa shape index (κ1) is 23.4. The van der Waals surface area contributed by atoms with Crippen molar-refractivity contribution in [3.8, 4) is 0 Å². The van der Waals surface area contributed by atoms with E-state index in [1.54, 1.807) is 6.20 Å². The van der Waals surface area contributed by atoms with Gasteiger partial charge in [0.1, 0.15) is 0 Å². The van der Waals surface area contributed by atoms with Crippen LogP contribution in [0.1, 0.15) is 29.9 Å². The van der Waals surface area contributed by atoms with E-state index < -0.39 is 0 Å². The van der Waals surface area contributed by atoms with Gasteiger partial charge < -0.3 is 19.9 Å². The normalized spacial score (nSPS) is 22.5. The molecule has 2 heterocycles. The van der Waals surface area contributed by atoms with Gasteiger partial charge in [-0.2, -0.15) is 0 Å². The van der Waals surface area contributed by atoms with Gasteiger partial charge in [-0.25, -0.2) is 4.79 Å². The summed E-state index contributed by atoms with van der Waals surface area (Å²) >= 11 is 0. The molecule has 4 rings (SSSR count). The van der Waals surface area contributed by atoms with Gasteiger partial charge in [-0.3, -0.25) is 14.5 Å². The minimum absolute atomic E-state index is 0.0285. The van der Waals surface area contributed by atoms with Crippen LogP contribution in [-0.2, 0) is 14.3 Å². The van der Waals surface area contributed by atoms with E-state index in [-0.39, 0.29) is 23.5 Å². The maximum Gasteiger partial charge on any atom is 0.320 e. The van der Waals surface area contributed by atoms with Crippen LogP contribution in [0.5, 0.6) is 0 Å². The van der Waals surface area contributed by atoms with E-state index in [0.717, 1.165) is 25.2 Å². The number of aryl methyl sites for hydroxylation is 1. The van der Waals surface area contributed by atoms with Gasteiger partial charge in [0.15, 0.2) is 11.6 Å². The Labute approximate surface area is 195 Å². The third-order valence-corrected chi connectivity index (χ3v) is 6.76. The number of rotatable bonds is 5. The Morgan fingerprint density at radius 3 is 2.21 bits per heavy atom. The monoisotopic (exact) mass is 454 g/mol. The highest BCUT2D eigenvalue weighted by molar-refractivity contribution is 6.22. The van der Waals surface area contributed by atoms with Crippen molar-refractivity contribution >= 4 is 17.6 Å². The van der Waals surface area contributed by atoms with Crippen molar-refractivity contribution in [1.82, 2.24) is 20.0 Å². The number of piperazine rings is 1. The lowest BCUT2D eigenvalue weighted by atomic mass is 9.80. The van der Waals surface area contributed by atoms with Crippen LogP contribution in [-0.4, -0.2) is 97.9 Å². The van der Waals surface area contributed by atoms with Crippen LogP contribution < -0.4 is 5.32 Å². The highest BCUT2D eigenvalue weighted by atomic mass is 16.5. The van der Waals surface area contributed by atoms with Gasteiger partial charge in [0, 0.05) is 71.4 Å². The Morgan fingerprint density at radius 2 is 1.58 bits per heavy atom. The lowest BCUT2D eigenvalue weighted by Crippen LogP contribution is -2.55. The molecule has 0 bridgehead atoms. The van der Waals surface area contributed by atoms with Gasteiger partial charge >= 0.3 is 6.03 Å². The lowest BCUT2D eigenvalue weighted by molar-refractivity contribution is -0.124. The summed E-state index contributed by atoms with van der Waals surface area (Å²) in [5.74, 6) is -0.196. The van der Waals surface area contributed by atoms with Gasteiger partial charge in [0.25, 0.3) is 0 Å². The summed E-state index contributed by atoms with van der Waals surface area (Å²) < 4.78 is 5.32. The minimum atomic E-state index is -0.0837. The quantitative estimate of drug-likeness (QED) is 0.413. The van der Waals surface area contributed by atoms with Crippen molar-refractivity contribution in [3.05, 3.63) is 47.2 Å². The molecule has 3 fully saturated rings. The molecule has 0 radical (unpaired) electrons. The van der Waals surface area contributed by atoms with Crippen molar-refractivity contribution in [3.63, 3.8) is 0 Å². The number of benzene rings is 1. The number of urea groups is 1. The van der Waals surface area contributed by atoms with Crippen LogP contribution in [0.3, 0.4) is 0 Å². The van der Waals surface area contributed by atoms with Crippen LogP contribution in [0.4, 0.5) is 4.79 Å². The number of carbonyl (C=O) groups excluding carboxylic acids is 3. The summed E-state index contributed by atoms with van der Waals surface area (Å²) in [7, 11) is 0. The van der Waals surface area contributed by atoms with Crippen LogP contribution in [0, 0.1) is 6.92 Å². The van der Waals surface area contributed by atoms with E-state index in [9.17, 15) is 14.4 Å². The summed E-state index contributed by atoms with van der Waals surface area (Å²) in [5, 5.41) is 3.16. The van der Waals surface area contributed by atoms with Gasteiger partial charge in [0.05, 0.1) is 18.8 Å². The summed E-state index contributed by atoms with van der Waals surface area (Å²) in [6.45, 7) is 9.13. The molecule has 33 heavy (non-hydrogen) atoms. The standard InChI is InChI=1S/C25H34N4O4/c1-19-2-4-20(5-3-19)21-16-23(30)22(24(31)17-21)18-26-6-7-27-8-10-28(11-9-27)25(32)29-12-14-33-15-13-29/h2-5,18,21,26H,6-17H2,1H3. The zero-order valence-electron chi connectivity index (χ0n) is 19.4. The number of nitrogens with one attached hydrogen (secondary N) is 1. The molecule has 1 aromatic rings. The number of ether oxygens (including phenoxy) is 1. The Bertz CT molecular complexity index is 864. The van der Waals surface area contributed by atoms with E-state index in [2.05, 4.69) is 10.2 Å². The van der Waals surface area contributed by atoms with Gasteiger partial charge in [-0.1, -0.05) is 29.8 Å². The molecule has 0 unspecified atom stereocenters. The van der Waals surface area contributed by atoms with E-state index >= 15 is 0 Å². The predicted octanol–water partition coefficient (Wildman–Crippen LogP) is 1.55. The fraction of sp³-hybridized carbons (Fsp3) is 0.560. The Kier molecular flexibility index (Phi) is 7.77. The molecular formula is C25H34N4O4. The number of hydrogen-bond donors (Lipinski definition) is 1. The number of amides is 2. The van der Waals surface area contributed by atoms with Crippen LogP contribution in [0.25, 0.3) is 0 Å². The Morgan fingerprint density at radius 1 is 0.970 bits per heavy atom. The minimum Gasteiger partial charge on any atom is -0.389 e. The van der Waals surface area contributed by atoms with Gasteiger partial charge in [0.2, 0.25) is 0 Å². The number of morpholine rings is 1. The third-order valence-electron chi connectivity index (χ3n) is 6.76. The molecule has 178 valence electrons. The van der Waals surface area contributed by atoms with E-state index in [1.807, 2.05) is 41.0 Å². The number of nitrogens with zero attached hydrogens (tertiary/aromatic N) is 3. The fourth-order valence-corrected chi connectivity index (χ4v) is 4.64. The summed E-state index contributed by atoms with van der Waals surface area (Å²) in [4.78, 5) is 43.9. The molecule has 1 aromatic carbocycles. The highest BCUT2D eigenvalue weighted by Crippen LogP contribution is 2.31. The molecule has 0 spiro atoms. The second-order valence-corrected chi connectivity index (χ2v) is 9.09. The lowest BCUT2D eigenvalue weighted by Gasteiger charge is -2.38. The largest absolute Gasteiger partial charge is 0.389 e. The average Bonchev–Trinajstić information content (AvgIpc) is 2.84. The first-order valence-corrected chi connectivity index (χ1v) is 11.9. The van der Waals surface area contributed by atoms with E-state index in [4.69, 9.17) is 4.74 Å². The van der Waals surface area contributed by atoms with E-state index in [0.29, 0.717) is 64.4 Å². The molecule has 8 heteroatoms. The van der Waals surface area contributed by atoms with Crippen LogP contribution in [0.15, 0.2) is 36.0 Å². The first-order valence-electron chi connectivity index (χ1n) is 11.9. The Balaban J connectivity index is 1.18. The van der Waals surface area contributed by atoms with Crippen LogP contribution >= 0.6 is 0 Å². The second kappa shape index (κ2) is 10.9. The molecule has 2 aliphatic heterocycles. The molecule has 1 N–H and O–H groups in total.